The Morgan fingerprint density at radius 3 is 2.48 bits per heavy atom. The Morgan fingerprint density at radius 1 is 1.14 bits per heavy atom. The van der Waals surface area contributed by atoms with Crippen LogP contribution in [-0.4, -0.2) is 47.4 Å². The average molecular weight is 398 g/mol. The third kappa shape index (κ3) is 4.64. The fraction of sp³-hybridized carbons (Fsp3) is 0.565. The lowest BCUT2D eigenvalue weighted by molar-refractivity contribution is -0.125. The fourth-order valence-corrected chi connectivity index (χ4v) is 4.85. The van der Waals surface area contributed by atoms with E-state index < -0.39 is 0 Å². The van der Waals surface area contributed by atoms with Crippen molar-refractivity contribution >= 4 is 22.8 Å². The van der Waals surface area contributed by atoms with Crippen molar-refractivity contribution in [3.63, 3.8) is 0 Å². The number of amides is 2. The topological polar surface area (TPSA) is 74.6 Å². The zero-order valence-corrected chi connectivity index (χ0v) is 17.5. The Labute approximate surface area is 172 Å². The molecule has 156 valence electrons. The summed E-state index contributed by atoms with van der Waals surface area (Å²) in [6.07, 6.45) is 4.34. The summed E-state index contributed by atoms with van der Waals surface area (Å²) in [5.41, 5.74) is 0.535. The predicted molar refractivity (Wildman–Crippen MR) is 113 cm³/mol. The second-order valence-electron chi connectivity index (χ2n) is 9.55. The summed E-state index contributed by atoms with van der Waals surface area (Å²) in [7, 11) is 0. The van der Waals surface area contributed by atoms with Crippen LogP contribution >= 0.6 is 0 Å². The molecule has 3 atom stereocenters. The van der Waals surface area contributed by atoms with Gasteiger partial charge in [-0.15, -0.1) is 0 Å². The molecule has 6 nitrogen and oxygen atoms in total. The van der Waals surface area contributed by atoms with Gasteiger partial charge in [-0.1, -0.05) is 18.2 Å². The lowest BCUT2D eigenvalue weighted by atomic mass is 9.90. The van der Waals surface area contributed by atoms with Crippen molar-refractivity contribution in [1.82, 2.24) is 15.5 Å². The van der Waals surface area contributed by atoms with Crippen molar-refractivity contribution in [2.45, 2.75) is 64.1 Å². The molecule has 0 spiro atoms. The standard InChI is InChI=1S/C23H31N3O3/c1-23(2,3)25-21(27)14-26-17-8-9-18(26)11-15(10-17)13-24-22(28)20-12-16-6-4-5-7-19(16)29-20/h4-7,12,15,17-18H,8-11,13-14H2,1-3H3,(H,24,28)(H,25,27)/t15?,17-,18+. The second-order valence-corrected chi connectivity index (χ2v) is 9.55. The maximum Gasteiger partial charge on any atom is 0.287 e. The number of nitrogens with one attached hydrogen (secondary N) is 2. The lowest BCUT2D eigenvalue weighted by Gasteiger charge is -2.39. The largest absolute Gasteiger partial charge is 0.451 e. The van der Waals surface area contributed by atoms with Crippen LogP contribution in [0.25, 0.3) is 11.0 Å². The van der Waals surface area contributed by atoms with Crippen LogP contribution in [0.2, 0.25) is 0 Å². The number of hydrogen-bond acceptors (Lipinski definition) is 4. The van der Waals surface area contributed by atoms with E-state index in [-0.39, 0.29) is 17.4 Å². The Kier molecular flexibility index (Phi) is 5.38. The van der Waals surface area contributed by atoms with Gasteiger partial charge in [-0.2, -0.15) is 0 Å². The maximum atomic E-state index is 12.5. The first-order valence-corrected chi connectivity index (χ1v) is 10.6. The number of carbonyl (C=O) groups excluding carboxylic acids is 2. The molecule has 6 heteroatoms. The molecule has 2 fully saturated rings. The normalized spacial score (nSPS) is 24.6. The van der Waals surface area contributed by atoms with Gasteiger partial charge in [0.1, 0.15) is 5.58 Å². The van der Waals surface area contributed by atoms with E-state index in [0.717, 1.165) is 36.7 Å². The van der Waals surface area contributed by atoms with E-state index >= 15 is 0 Å². The van der Waals surface area contributed by atoms with Gasteiger partial charge in [-0.05, 0) is 64.5 Å². The molecule has 2 saturated heterocycles. The van der Waals surface area contributed by atoms with Gasteiger partial charge in [-0.25, -0.2) is 0 Å². The third-order valence-corrected chi connectivity index (χ3v) is 6.02. The molecule has 1 aromatic heterocycles. The quantitative estimate of drug-likeness (QED) is 0.812. The predicted octanol–water partition coefficient (Wildman–Crippen LogP) is 3.32. The Balaban J connectivity index is 1.30. The van der Waals surface area contributed by atoms with E-state index in [1.165, 1.54) is 0 Å². The zero-order valence-electron chi connectivity index (χ0n) is 17.5. The second kappa shape index (κ2) is 7.82. The molecule has 2 bridgehead atoms. The average Bonchev–Trinajstić information content (AvgIpc) is 3.16. The first-order chi connectivity index (χ1) is 13.8. The van der Waals surface area contributed by atoms with Crippen LogP contribution in [0, 0.1) is 5.92 Å². The van der Waals surface area contributed by atoms with E-state index in [9.17, 15) is 9.59 Å². The molecule has 29 heavy (non-hydrogen) atoms. The number of hydrogen-bond donors (Lipinski definition) is 2. The van der Waals surface area contributed by atoms with Crippen LogP contribution in [0.1, 0.15) is 57.0 Å². The van der Waals surface area contributed by atoms with Gasteiger partial charge < -0.3 is 15.1 Å². The van der Waals surface area contributed by atoms with Gasteiger partial charge in [0.25, 0.3) is 5.91 Å². The minimum Gasteiger partial charge on any atom is -0.451 e. The minimum absolute atomic E-state index is 0.103. The molecule has 2 aliphatic heterocycles. The number of furan rings is 1. The number of carbonyl (C=O) groups is 2. The van der Waals surface area contributed by atoms with Gasteiger partial charge >= 0.3 is 0 Å². The van der Waals surface area contributed by atoms with E-state index in [0.29, 0.717) is 36.9 Å². The Bertz CT molecular complexity index is 851. The number of rotatable bonds is 5. The highest BCUT2D eigenvalue weighted by Crippen LogP contribution is 2.38. The monoisotopic (exact) mass is 397 g/mol. The molecule has 1 unspecified atom stereocenters. The SMILES string of the molecule is CC(C)(C)NC(=O)CN1[C@@H]2CC[C@H]1CC(CNC(=O)c1cc3ccccc3o1)C2. The Hall–Kier alpha value is -2.34. The molecule has 2 aliphatic rings. The van der Waals surface area contributed by atoms with Crippen LogP contribution in [0.5, 0.6) is 0 Å². The third-order valence-electron chi connectivity index (χ3n) is 6.02. The summed E-state index contributed by atoms with van der Waals surface area (Å²) < 4.78 is 5.66. The Morgan fingerprint density at radius 2 is 1.83 bits per heavy atom. The van der Waals surface area contributed by atoms with Crippen LogP contribution in [0.15, 0.2) is 34.7 Å². The minimum atomic E-state index is -0.199. The number of nitrogens with zero attached hydrogens (tertiary/aromatic N) is 1. The van der Waals surface area contributed by atoms with Crippen molar-refractivity contribution in [1.29, 1.82) is 0 Å². The van der Waals surface area contributed by atoms with E-state index in [2.05, 4.69) is 15.5 Å². The van der Waals surface area contributed by atoms with Crippen molar-refractivity contribution in [3.8, 4) is 0 Å². The fourth-order valence-electron chi connectivity index (χ4n) is 4.85. The number of benzene rings is 1. The molecule has 2 aromatic rings. The molecule has 0 radical (unpaired) electrons. The van der Waals surface area contributed by atoms with Gasteiger partial charge in [0.05, 0.1) is 6.54 Å². The number of fused-ring (bicyclic) bond motifs is 3. The van der Waals surface area contributed by atoms with Crippen molar-refractivity contribution in [2.75, 3.05) is 13.1 Å². The first kappa shape index (κ1) is 20.0. The van der Waals surface area contributed by atoms with Crippen molar-refractivity contribution in [2.24, 2.45) is 5.92 Å². The lowest BCUT2D eigenvalue weighted by Crippen LogP contribution is -2.51. The highest BCUT2D eigenvalue weighted by molar-refractivity contribution is 5.96. The van der Waals surface area contributed by atoms with Crippen LogP contribution in [-0.2, 0) is 4.79 Å². The first-order valence-electron chi connectivity index (χ1n) is 10.6. The molecule has 0 aliphatic carbocycles. The molecule has 4 rings (SSSR count). The smallest absolute Gasteiger partial charge is 0.287 e. The van der Waals surface area contributed by atoms with E-state index in [1.54, 1.807) is 6.07 Å². The molecular weight excluding hydrogens is 366 g/mol. The molecular formula is C23H31N3O3. The van der Waals surface area contributed by atoms with Gasteiger partial charge in [0.2, 0.25) is 5.91 Å². The van der Waals surface area contributed by atoms with Crippen molar-refractivity contribution < 1.29 is 14.0 Å². The summed E-state index contributed by atoms with van der Waals surface area (Å²) in [4.78, 5) is 27.2. The molecule has 3 heterocycles. The zero-order chi connectivity index (χ0) is 20.6. The molecule has 2 amide bonds. The van der Waals surface area contributed by atoms with Crippen LogP contribution < -0.4 is 10.6 Å². The number of piperidine rings is 1. The summed E-state index contributed by atoms with van der Waals surface area (Å²) in [6, 6.07) is 10.3. The maximum absolute atomic E-state index is 12.5. The summed E-state index contributed by atoms with van der Waals surface area (Å²) in [6.45, 7) is 7.17. The van der Waals surface area contributed by atoms with E-state index in [1.807, 2.05) is 45.0 Å². The number of para-hydroxylation sites is 1. The van der Waals surface area contributed by atoms with Crippen molar-refractivity contribution in [3.05, 3.63) is 36.1 Å². The van der Waals surface area contributed by atoms with Gasteiger partial charge in [-0.3, -0.25) is 14.5 Å². The summed E-state index contributed by atoms with van der Waals surface area (Å²) in [5.74, 6) is 0.764. The van der Waals surface area contributed by atoms with Crippen LogP contribution in [0.3, 0.4) is 0 Å². The highest BCUT2D eigenvalue weighted by atomic mass is 16.3. The molecule has 1 aromatic carbocycles. The highest BCUT2D eigenvalue weighted by Gasteiger charge is 2.41. The summed E-state index contributed by atoms with van der Waals surface area (Å²) in [5, 5.41) is 7.06. The van der Waals surface area contributed by atoms with Gasteiger partial charge in [0, 0.05) is 29.6 Å². The summed E-state index contributed by atoms with van der Waals surface area (Å²) >= 11 is 0. The van der Waals surface area contributed by atoms with Crippen LogP contribution in [0.4, 0.5) is 0 Å². The molecule has 2 N–H and O–H groups in total. The van der Waals surface area contributed by atoms with E-state index in [4.69, 9.17) is 4.42 Å². The molecule has 0 saturated carbocycles. The van der Waals surface area contributed by atoms with Gasteiger partial charge in [0.15, 0.2) is 5.76 Å².